The van der Waals surface area contributed by atoms with E-state index in [0.29, 0.717) is 12.8 Å². The summed E-state index contributed by atoms with van der Waals surface area (Å²) in [5.74, 6) is 0.430. The quantitative estimate of drug-likeness (QED) is 0.200. The van der Waals surface area contributed by atoms with Gasteiger partial charge in [-0.3, -0.25) is 9.59 Å². The molecule has 37 heavy (non-hydrogen) atoms. The van der Waals surface area contributed by atoms with Crippen LogP contribution in [0.15, 0.2) is 23.3 Å². The summed E-state index contributed by atoms with van der Waals surface area (Å²) >= 11 is 0. The Balaban J connectivity index is 1.33. The van der Waals surface area contributed by atoms with E-state index in [1.807, 2.05) is 13.1 Å². The van der Waals surface area contributed by atoms with E-state index in [1.165, 1.54) is 95.5 Å². The first-order valence-electron chi connectivity index (χ1n) is 15.3. The molecule has 0 saturated carbocycles. The first-order chi connectivity index (χ1) is 18.0. The van der Waals surface area contributed by atoms with Crippen LogP contribution in [0.25, 0.3) is 0 Å². The van der Waals surface area contributed by atoms with Gasteiger partial charge in [-0.1, -0.05) is 110 Å². The van der Waals surface area contributed by atoms with Crippen LogP contribution < -0.4 is 4.90 Å². The van der Waals surface area contributed by atoms with Crippen LogP contribution in [0.2, 0.25) is 0 Å². The molecule has 0 spiro atoms. The highest BCUT2D eigenvalue weighted by Gasteiger charge is 2.28. The molecule has 0 saturated heterocycles. The van der Waals surface area contributed by atoms with Crippen molar-refractivity contribution in [1.29, 1.82) is 0 Å². The van der Waals surface area contributed by atoms with E-state index in [2.05, 4.69) is 26.0 Å². The molecule has 3 rings (SSSR count). The molecule has 0 radical (unpaired) electrons. The number of hydrogen-bond donors (Lipinski definition) is 0. The minimum Gasteiger partial charge on any atom is -0.315 e. The molecule has 2 amide bonds. The Morgan fingerprint density at radius 1 is 0.784 bits per heavy atom. The van der Waals surface area contributed by atoms with Crippen molar-refractivity contribution >= 4 is 23.2 Å². The predicted octanol–water partition coefficient (Wildman–Crippen LogP) is 8.04. The van der Waals surface area contributed by atoms with Crippen LogP contribution in [-0.2, 0) is 16.0 Å². The molecule has 0 fully saturated rings. The Morgan fingerprint density at radius 2 is 1.35 bits per heavy atom. The summed E-state index contributed by atoms with van der Waals surface area (Å²) in [6.07, 6.45) is 22.0. The lowest BCUT2D eigenvalue weighted by atomic mass is 9.90. The van der Waals surface area contributed by atoms with E-state index >= 15 is 0 Å². The average molecular weight is 510 g/mol. The van der Waals surface area contributed by atoms with Crippen molar-refractivity contribution in [2.45, 2.75) is 129 Å². The Bertz CT molecular complexity index is 894. The van der Waals surface area contributed by atoms with Gasteiger partial charge >= 0.3 is 0 Å². The Morgan fingerprint density at radius 3 is 1.95 bits per heavy atom. The SMILES string of the molecule is CCCCCCCCCCCCCCCCCN1N=C(c2ccc3c(c2)CCC(=O)N3C)C(C)CC1=O. The van der Waals surface area contributed by atoms with Crippen molar-refractivity contribution in [3.8, 4) is 0 Å². The number of hydrazone groups is 1. The minimum absolute atomic E-state index is 0.116. The van der Waals surface area contributed by atoms with Crippen LogP contribution in [0.5, 0.6) is 0 Å². The largest absolute Gasteiger partial charge is 0.315 e. The normalized spacial score (nSPS) is 17.8. The zero-order valence-corrected chi connectivity index (χ0v) is 23.9. The third-order valence-electron chi connectivity index (χ3n) is 8.16. The lowest BCUT2D eigenvalue weighted by Crippen LogP contribution is -2.37. The van der Waals surface area contributed by atoms with E-state index < -0.39 is 0 Å². The highest BCUT2D eigenvalue weighted by atomic mass is 16.2. The van der Waals surface area contributed by atoms with Crippen molar-refractivity contribution in [2.75, 3.05) is 18.5 Å². The second kappa shape index (κ2) is 15.9. The molecule has 0 aliphatic carbocycles. The molecule has 0 aromatic heterocycles. The first-order valence-corrected chi connectivity index (χ1v) is 15.3. The van der Waals surface area contributed by atoms with E-state index in [4.69, 9.17) is 5.10 Å². The molecule has 1 unspecified atom stereocenters. The summed E-state index contributed by atoms with van der Waals surface area (Å²) in [6, 6.07) is 6.27. The molecule has 1 aromatic carbocycles. The number of carbonyl (C=O) groups is 2. The van der Waals surface area contributed by atoms with Crippen molar-refractivity contribution < 1.29 is 9.59 Å². The number of fused-ring (bicyclic) bond motifs is 1. The van der Waals surface area contributed by atoms with Crippen LogP contribution >= 0.6 is 0 Å². The molecule has 0 bridgehead atoms. The maximum Gasteiger partial charge on any atom is 0.243 e. The lowest BCUT2D eigenvalue weighted by Gasteiger charge is -2.29. The van der Waals surface area contributed by atoms with Gasteiger partial charge in [0, 0.05) is 38.0 Å². The third kappa shape index (κ3) is 9.26. The monoisotopic (exact) mass is 509 g/mol. The van der Waals surface area contributed by atoms with E-state index in [9.17, 15) is 9.59 Å². The van der Waals surface area contributed by atoms with Gasteiger partial charge < -0.3 is 4.90 Å². The van der Waals surface area contributed by atoms with E-state index in [0.717, 1.165) is 36.3 Å². The van der Waals surface area contributed by atoms with Crippen molar-refractivity contribution in [3.63, 3.8) is 0 Å². The van der Waals surface area contributed by atoms with Gasteiger partial charge in [0.25, 0.3) is 0 Å². The minimum atomic E-state index is 0.116. The van der Waals surface area contributed by atoms with Gasteiger partial charge in [-0.2, -0.15) is 5.10 Å². The molecule has 2 aliphatic heterocycles. The van der Waals surface area contributed by atoms with Gasteiger partial charge in [-0.15, -0.1) is 0 Å². The van der Waals surface area contributed by atoms with Gasteiger partial charge in [0.1, 0.15) is 0 Å². The number of anilines is 1. The highest BCUT2D eigenvalue weighted by molar-refractivity contribution is 6.06. The number of unbranched alkanes of at least 4 members (excludes halogenated alkanes) is 14. The summed E-state index contributed by atoms with van der Waals surface area (Å²) < 4.78 is 0. The fourth-order valence-corrected chi connectivity index (χ4v) is 5.71. The average Bonchev–Trinajstić information content (AvgIpc) is 2.89. The van der Waals surface area contributed by atoms with Crippen molar-refractivity contribution in [3.05, 3.63) is 29.3 Å². The third-order valence-corrected chi connectivity index (χ3v) is 8.16. The second-order valence-corrected chi connectivity index (χ2v) is 11.4. The van der Waals surface area contributed by atoms with Crippen LogP contribution in [0.1, 0.15) is 134 Å². The number of hydrogen-bond acceptors (Lipinski definition) is 3. The molecule has 1 aromatic rings. The van der Waals surface area contributed by atoms with Crippen LogP contribution in [0.4, 0.5) is 5.69 Å². The van der Waals surface area contributed by atoms with E-state index in [1.54, 1.807) is 9.91 Å². The fraction of sp³-hybridized carbons (Fsp3) is 0.719. The predicted molar refractivity (Wildman–Crippen MR) is 155 cm³/mol. The molecular weight excluding hydrogens is 458 g/mol. The zero-order valence-electron chi connectivity index (χ0n) is 23.9. The van der Waals surface area contributed by atoms with Crippen molar-refractivity contribution in [2.24, 2.45) is 11.0 Å². The van der Waals surface area contributed by atoms with Gasteiger partial charge in [0.05, 0.1) is 5.71 Å². The van der Waals surface area contributed by atoms with E-state index in [-0.39, 0.29) is 17.7 Å². The van der Waals surface area contributed by atoms with Crippen molar-refractivity contribution in [1.82, 2.24) is 5.01 Å². The number of aryl methyl sites for hydroxylation is 1. The maximum absolute atomic E-state index is 12.6. The second-order valence-electron chi connectivity index (χ2n) is 11.4. The Labute approximate surface area is 226 Å². The smallest absolute Gasteiger partial charge is 0.243 e. The number of carbonyl (C=O) groups excluding carboxylic acids is 2. The maximum atomic E-state index is 12.6. The standard InChI is InChI=1S/C32H51N3O2/c1-4-5-6-7-8-9-10-11-12-13-14-15-16-17-18-23-35-31(37)24-26(2)32(33-35)28-19-21-29-27(25-28)20-22-30(36)34(29)3/h19,21,25-26H,4-18,20,22-24H2,1-3H3. The summed E-state index contributed by atoms with van der Waals surface area (Å²) in [6.45, 7) is 5.09. The van der Waals surface area contributed by atoms with Gasteiger partial charge in [0.2, 0.25) is 11.8 Å². The summed E-state index contributed by atoms with van der Waals surface area (Å²) in [5, 5.41) is 6.54. The van der Waals surface area contributed by atoms with Crippen LogP contribution in [-0.4, -0.2) is 36.1 Å². The molecule has 0 N–H and O–H groups in total. The van der Waals surface area contributed by atoms with Gasteiger partial charge in [-0.05, 0) is 36.1 Å². The fourth-order valence-electron chi connectivity index (χ4n) is 5.71. The summed E-state index contributed by atoms with van der Waals surface area (Å²) in [4.78, 5) is 26.4. The highest BCUT2D eigenvalue weighted by Crippen LogP contribution is 2.30. The van der Waals surface area contributed by atoms with Gasteiger partial charge in [0.15, 0.2) is 0 Å². The number of amides is 2. The zero-order chi connectivity index (χ0) is 26.5. The Kier molecular flexibility index (Phi) is 12.7. The summed E-state index contributed by atoms with van der Waals surface area (Å²) in [5.41, 5.74) is 4.28. The van der Waals surface area contributed by atoms with Gasteiger partial charge in [-0.25, -0.2) is 5.01 Å². The number of rotatable bonds is 17. The topological polar surface area (TPSA) is 53.0 Å². The number of nitrogens with zero attached hydrogens (tertiary/aromatic N) is 3. The molecule has 2 heterocycles. The van der Waals surface area contributed by atoms with Crippen LogP contribution in [0.3, 0.4) is 0 Å². The molecular formula is C32H51N3O2. The number of benzene rings is 1. The first kappa shape index (κ1) is 29.4. The molecule has 5 heteroatoms. The molecule has 5 nitrogen and oxygen atoms in total. The summed E-state index contributed by atoms with van der Waals surface area (Å²) in [7, 11) is 1.85. The van der Waals surface area contributed by atoms with Crippen LogP contribution in [0, 0.1) is 5.92 Å². The molecule has 206 valence electrons. The molecule has 2 aliphatic rings. The lowest BCUT2D eigenvalue weighted by molar-refractivity contribution is -0.132. The molecule has 1 atom stereocenters. The Hall–Kier alpha value is -2.17.